The Hall–Kier alpha value is -2.28. The quantitative estimate of drug-likeness (QED) is 0.805. The van der Waals surface area contributed by atoms with Gasteiger partial charge in [-0.1, -0.05) is 0 Å². The van der Waals surface area contributed by atoms with E-state index in [0.29, 0.717) is 23.6 Å². The number of hydrogen-bond donors (Lipinski definition) is 2. The van der Waals surface area contributed by atoms with Crippen molar-refractivity contribution < 1.29 is 18.7 Å². The summed E-state index contributed by atoms with van der Waals surface area (Å²) in [6.07, 6.45) is 3.79. The van der Waals surface area contributed by atoms with Crippen LogP contribution in [-0.4, -0.2) is 43.1 Å². The molecule has 2 N–H and O–H groups in total. The van der Waals surface area contributed by atoms with E-state index in [4.69, 9.17) is 9.15 Å². The number of carbonyl (C=O) groups is 2. The molecule has 124 valence electrons. The predicted molar refractivity (Wildman–Crippen MR) is 82.4 cm³/mol. The summed E-state index contributed by atoms with van der Waals surface area (Å²) < 4.78 is 10.6. The zero-order chi connectivity index (χ0) is 16.2. The van der Waals surface area contributed by atoms with Crippen LogP contribution in [0.15, 0.2) is 34.1 Å². The highest BCUT2D eigenvalue weighted by molar-refractivity contribution is 5.95. The van der Waals surface area contributed by atoms with Crippen molar-refractivity contribution in [3.63, 3.8) is 0 Å². The Morgan fingerprint density at radius 3 is 2.87 bits per heavy atom. The number of likely N-dealkylation sites (tertiary alicyclic amines) is 1. The number of nitrogens with zero attached hydrogens (tertiary/aromatic N) is 1. The van der Waals surface area contributed by atoms with Gasteiger partial charge in [-0.25, -0.2) is 9.59 Å². The highest BCUT2D eigenvalue weighted by atomic mass is 16.5. The number of hydrogen-bond acceptors (Lipinski definition) is 5. The summed E-state index contributed by atoms with van der Waals surface area (Å²) in [6.45, 7) is 4.49. The average Bonchev–Trinajstić information content (AvgIpc) is 3.20. The van der Waals surface area contributed by atoms with Crippen molar-refractivity contribution in [2.24, 2.45) is 0 Å². The van der Waals surface area contributed by atoms with E-state index in [0.717, 1.165) is 25.9 Å². The Kier molecular flexibility index (Phi) is 4.66. The van der Waals surface area contributed by atoms with Gasteiger partial charge in [0.2, 0.25) is 0 Å². The molecule has 3 rings (SSSR count). The van der Waals surface area contributed by atoms with Crippen LogP contribution in [0.2, 0.25) is 0 Å². The molecule has 2 amide bonds. The van der Waals surface area contributed by atoms with E-state index in [9.17, 15) is 9.59 Å². The molecule has 0 saturated carbocycles. The molecule has 1 unspecified atom stereocenters. The highest BCUT2D eigenvalue weighted by Gasteiger charge is 2.35. The topological polar surface area (TPSA) is 83.8 Å². The molecule has 1 fully saturated rings. The van der Waals surface area contributed by atoms with Gasteiger partial charge < -0.3 is 19.8 Å². The maximum Gasteiger partial charge on any atom is 0.338 e. The second-order valence-electron chi connectivity index (χ2n) is 5.64. The van der Waals surface area contributed by atoms with Gasteiger partial charge >= 0.3 is 12.0 Å². The fourth-order valence-electron chi connectivity index (χ4n) is 3.03. The van der Waals surface area contributed by atoms with Crippen molar-refractivity contribution >= 4 is 12.0 Å². The van der Waals surface area contributed by atoms with E-state index in [-0.39, 0.29) is 12.6 Å². The summed E-state index contributed by atoms with van der Waals surface area (Å²) in [5.41, 5.74) is 1.00. The van der Waals surface area contributed by atoms with E-state index in [2.05, 4.69) is 15.5 Å². The number of nitrogens with one attached hydrogen (secondary N) is 2. The summed E-state index contributed by atoms with van der Waals surface area (Å²) in [5, 5.41) is 5.51. The molecular weight excluding hydrogens is 298 g/mol. The van der Waals surface area contributed by atoms with Crippen LogP contribution < -0.4 is 10.6 Å². The Bertz CT molecular complexity index is 603. The maximum atomic E-state index is 12.5. The van der Waals surface area contributed by atoms with Crippen LogP contribution in [0.3, 0.4) is 0 Å². The molecule has 2 aliphatic heterocycles. The Morgan fingerprint density at radius 1 is 1.43 bits per heavy atom. The van der Waals surface area contributed by atoms with Crippen LogP contribution in [0.1, 0.15) is 31.6 Å². The molecule has 7 heteroatoms. The number of ether oxygens (including phenoxy) is 1. The number of rotatable bonds is 5. The van der Waals surface area contributed by atoms with Crippen molar-refractivity contribution in [2.45, 2.75) is 25.8 Å². The summed E-state index contributed by atoms with van der Waals surface area (Å²) in [5.74, 6) is 0.0809. The van der Waals surface area contributed by atoms with Crippen LogP contribution in [0.25, 0.3) is 0 Å². The van der Waals surface area contributed by atoms with E-state index < -0.39 is 12.0 Å². The lowest BCUT2D eigenvalue weighted by Gasteiger charge is -2.29. The smallest absolute Gasteiger partial charge is 0.338 e. The van der Waals surface area contributed by atoms with Gasteiger partial charge in [0.15, 0.2) is 0 Å². The van der Waals surface area contributed by atoms with Gasteiger partial charge in [0.05, 0.1) is 18.4 Å². The minimum absolute atomic E-state index is 0.276. The number of carbonyl (C=O) groups excluding carboxylic acids is 2. The van der Waals surface area contributed by atoms with Gasteiger partial charge in [0.25, 0.3) is 0 Å². The molecule has 0 radical (unpaired) electrons. The number of furan rings is 1. The normalized spacial score (nSPS) is 22.0. The Labute approximate surface area is 134 Å². The van der Waals surface area contributed by atoms with Crippen LogP contribution >= 0.6 is 0 Å². The SMILES string of the molecule is CCOC(=O)C1=C(CN2CCCC2)NC(=O)NC1c1ccco1. The first-order chi connectivity index (χ1) is 11.2. The Morgan fingerprint density at radius 2 is 2.22 bits per heavy atom. The van der Waals surface area contributed by atoms with Gasteiger partial charge in [0.1, 0.15) is 11.8 Å². The fourth-order valence-corrected chi connectivity index (χ4v) is 3.03. The summed E-state index contributed by atoms with van der Waals surface area (Å²) in [6, 6.07) is 2.50. The minimum Gasteiger partial charge on any atom is -0.467 e. The predicted octanol–water partition coefficient (Wildman–Crippen LogP) is 1.55. The molecule has 0 aromatic carbocycles. The fraction of sp³-hybridized carbons (Fsp3) is 0.500. The molecule has 1 atom stereocenters. The van der Waals surface area contributed by atoms with Crippen LogP contribution in [0, 0.1) is 0 Å². The van der Waals surface area contributed by atoms with Gasteiger partial charge in [-0.3, -0.25) is 4.90 Å². The number of urea groups is 1. The number of esters is 1. The standard InChI is InChI=1S/C16H21N3O4/c1-2-22-15(20)13-11(10-19-7-3-4-8-19)17-16(21)18-14(13)12-6-5-9-23-12/h5-6,9,14H,2-4,7-8,10H2,1H3,(H2,17,18,21). The lowest BCUT2D eigenvalue weighted by Crippen LogP contribution is -2.48. The second-order valence-corrected chi connectivity index (χ2v) is 5.64. The Balaban J connectivity index is 1.96. The van der Waals surface area contributed by atoms with Crippen molar-refractivity contribution in [1.29, 1.82) is 0 Å². The van der Waals surface area contributed by atoms with Gasteiger partial charge in [-0.2, -0.15) is 0 Å². The number of amides is 2. The van der Waals surface area contributed by atoms with Gasteiger partial charge in [-0.15, -0.1) is 0 Å². The molecule has 7 nitrogen and oxygen atoms in total. The van der Waals surface area contributed by atoms with Crippen molar-refractivity contribution in [3.05, 3.63) is 35.4 Å². The highest BCUT2D eigenvalue weighted by Crippen LogP contribution is 2.28. The van der Waals surface area contributed by atoms with E-state index >= 15 is 0 Å². The van der Waals surface area contributed by atoms with Crippen LogP contribution in [-0.2, 0) is 9.53 Å². The van der Waals surface area contributed by atoms with E-state index in [1.165, 1.54) is 6.26 Å². The lowest BCUT2D eigenvalue weighted by atomic mass is 10.00. The first kappa shape index (κ1) is 15.6. The van der Waals surface area contributed by atoms with E-state index in [1.54, 1.807) is 19.1 Å². The third-order valence-corrected chi connectivity index (χ3v) is 4.06. The van der Waals surface area contributed by atoms with Crippen molar-refractivity contribution in [3.8, 4) is 0 Å². The summed E-state index contributed by atoms with van der Waals surface area (Å²) in [7, 11) is 0. The van der Waals surface area contributed by atoms with Crippen LogP contribution in [0.4, 0.5) is 4.79 Å². The molecule has 1 aromatic rings. The molecule has 2 aliphatic rings. The zero-order valence-electron chi connectivity index (χ0n) is 13.1. The summed E-state index contributed by atoms with van der Waals surface area (Å²) >= 11 is 0. The van der Waals surface area contributed by atoms with Crippen molar-refractivity contribution in [2.75, 3.05) is 26.2 Å². The zero-order valence-corrected chi connectivity index (χ0v) is 13.1. The molecule has 3 heterocycles. The average molecular weight is 319 g/mol. The molecule has 0 spiro atoms. The first-order valence-electron chi connectivity index (χ1n) is 7.92. The lowest BCUT2D eigenvalue weighted by molar-refractivity contribution is -0.139. The van der Waals surface area contributed by atoms with Gasteiger partial charge in [-0.05, 0) is 45.0 Å². The van der Waals surface area contributed by atoms with E-state index in [1.807, 2.05) is 0 Å². The molecule has 1 saturated heterocycles. The van der Waals surface area contributed by atoms with Crippen molar-refractivity contribution in [1.82, 2.24) is 15.5 Å². The molecule has 0 bridgehead atoms. The monoisotopic (exact) mass is 319 g/mol. The van der Waals surface area contributed by atoms with Gasteiger partial charge in [0, 0.05) is 12.2 Å². The molecule has 0 aliphatic carbocycles. The van der Waals surface area contributed by atoms with Crippen LogP contribution in [0.5, 0.6) is 0 Å². The summed E-state index contributed by atoms with van der Waals surface area (Å²) in [4.78, 5) is 26.7. The largest absolute Gasteiger partial charge is 0.467 e. The third kappa shape index (κ3) is 3.39. The first-order valence-corrected chi connectivity index (χ1v) is 7.92. The minimum atomic E-state index is -0.629. The molecular formula is C16H21N3O4. The molecule has 23 heavy (non-hydrogen) atoms. The third-order valence-electron chi connectivity index (χ3n) is 4.06. The maximum absolute atomic E-state index is 12.5. The molecule has 1 aromatic heterocycles. The second kappa shape index (κ2) is 6.87.